The molecule has 8 heteroatoms. The number of hydrogen-bond donors (Lipinski definition) is 1. The molecule has 1 saturated heterocycles. The number of carbonyl (C=O) groups is 2. The highest BCUT2D eigenvalue weighted by atomic mass is 32.2. The van der Waals surface area contributed by atoms with Crippen LogP contribution in [0.5, 0.6) is 0 Å². The molecule has 2 aliphatic rings. The number of piperidine rings is 1. The number of nitrogens with one attached hydrogen (secondary N) is 1. The number of hydrogen-bond acceptors (Lipinski definition) is 4. The van der Waals surface area contributed by atoms with Crippen LogP contribution in [0.3, 0.4) is 0 Å². The Kier molecular flexibility index (Phi) is 7.14. The summed E-state index contributed by atoms with van der Waals surface area (Å²) in [6.07, 6.45) is 4.22. The van der Waals surface area contributed by atoms with Gasteiger partial charge in [0.15, 0.2) is 0 Å². The highest BCUT2D eigenvalue weighted by Crippen LogP contribution is 2.31. The van der Waals surface area contributed by atoms with Crippen molar-refractivity contribution in [3.8, 4) is 0 Å². The number of amides is 2. The first kappa shape index (κ1) is 23.4. The van der Waals surface area contributed by atoms with Gasteiger partial charge in [-0.2, -0.15) is 0 Å². The summed E-state index contributed by atoms with van der Waals surface area (Å²) in [7, 11) is -3.67. The molecule has 33 heavy (non-hydrogen) atoms. The van der Waals surface area contributed by atoms with Crippen molar-refractivity contribution in [1.82, 2.24) is 9.62 Å². The first-order valence-electron chi connectivity index (χ1n) is 11.6. The standard InChI is InChI=1S/C25H31N3O4S/c1-19-6-5-7-20(16-19)18-26-33(31,32)22-8-9-23-21(17-22)12-15-28(23)25(30)11-10-24(29)27-13-3-2-4-14-27/h5-9,16-17,26H,2-4,10-15,18H2,1H3. The summed E-state index contributed by atoms with van der Waals surface area (Å²) in [6.45, 7) is 4.27. The molecule has 2 aromatic rings. The van der Waals surface area contributed by atoms with Gasteiger partial charge in [-0.1, -0.05) is 29.8 Å². The number of fused-ring (bicyclic) bond motifs is 1. The molecule has 0 aliphatic carbocycles. The summed E-state index contributed by atoms with van der Waals surface area (Å²) < 4.78 is 28.3. The van der Waals surface area contributed by atoms with Crippen LogP contribution in [0.25, 0.3) is 0 Å². The number of anilines is 1. The van der Waals surface area contributed by atoms with E-state index in [0.717, 1.165) is 54.7 Å². The van der Waals surface area contributed by atoms with E-state index >= 15 is 0 Å². The van der Waals surface area contributed by atoms with Gasteiger partial charge in [-0.3, -0.25) is 9.59 Å². The molecule has 2 aromatic carbocycles. The van der Waals surface area contributed by atoms with E-state index < -0.39 is 10.0 Å². The summed E-state index contributed by atoms with van der Waals surface area (Å²) >= 11 is 0. The molecule has 0 unspecified atom stereocenters. The van der Waals surface area contributed by atoms with Crippen molar-refractivity contribution < 1.29 is 18.0 Å². The van der Waals surface area contributed by atoms with E-state index in [4.69, 9.17) is 0 Å². The maximum absolute atomic E-state index is 12.8. The van der Waals surface area contributed by atoms with Crippen molar-refractivity contribution in [3.63, 3.8) is 0 Å². The van der Waals surface area contributed by atoms with Crippen molar-refractivity contribution in [2.24, 2.45) is 0 Å². The molecule has 0 spiro atoms. The van der Waals surface area contributed by atoms with Gasteiger partial charge in [0.05, 0.1) is 4.90 Å². The summed E-state index contributed by atoms with van der Waals surface area (Å²) in [5, 5.41) is 0. The minimum absolute atomic E-state index is 0.0450. The maximum Gasteiger partial charge on any atom is 0.240 e. The zero-order valence-electron chi connectivity index (χ0n) is 19.0. The van der Waals surface area contributed by atoms with Gasteiger partial charge < -0.3 is 9.80 Å². The Morgan fingerprint density at radius 3 is 2.45 bits per heavy atom. The van der Waals surface area contributed by atoms with E-state index in [1.165, 1.54) is 0 Å². The average Bonchev–Trinajstić information content (AvgIpc) is 3.25. The normalized spacial score (nSPS) is 16.0. The van der Waals surface area contributed by atoms with Gasteiger partial charge >= 0.3 is 0 Å². The van der Waals surface area contributed by atoms with Crippen LogP contribution in [0.1, 0.15) is 48.8 Å². The van der Waals surface area contributed by atoms with Gasteiger partial charge in [0, 0.05) is 44.7 Å². The maximum atomic E-state index is 12.8. The second kappa shape index (κ2) is 10.1. The molecule has 2 aliphatic heterocycles. The van der Waals surface area contributed by atoms with E-state index in [2.05, 4.69) is 4.72 Å². The highest BCUT2D eigenvalue weighted by molar-refractivity contribution is 7.89. The number of benzene rings is 2. The number of rotatable bonds is 7. The number of likely N-dealkylation sites (tertiary alicyclic amines) is 1. The van der Waals surface area contributed by atoms with Crippen molar-refractivity contribution in [1.29, 1.82) is 0 Å². The second-order valence-electron chi connectivity index (χ2n) is 8.84. The van der Waals surface area contributed by atoms with Crippen LogP contribution in [0.2, 0.25) is 0 Å². The summed E-state index contributed by atoms with van der Waals surface area (Å²) in [6, 6.07) is 12.6. The molecule has 0 bridgehead atoms. The topological polar surface area (TPSA) is 86.8 Å². The molecule has 0 aromatic heterocycles. The molecule has 1 fully saturated rings. The Hall–Kier alpha value is -2.71. The first-order valence-corrected chi connectivity index (χ1v) is 13.1. The van der Waals surface area contributed by atoms with E-state index in [1.54, 1.807) is 23.1 Å². The fourth-order valence-corrected chi connectivity index (χ4v) is 5.61. The smallest absolute Gasteiger partial charge is 0.240 e. The number of nitrogens with zero attached hydrogens (tertiary/aromatic N) is 2. The van der Waals surface area contributed by atoms with Crippen molar-refractivity contribution in [2.75, 3.05) is 24.5 Å². The van der Waals surface area contributed by atoms with Crippen LogP contribution in [0.4, 0.5) is 5.69 Å². The first-order chi connectivity index (χ1) is 15.8. The molecular weight excluding hydrogens is 438 g/mol. The molecule has 1 N–H and O–H groups in total. The van der Waals surface area contributed by atoms with Crippen LogP contribution in [0, 0.1) is 6.92 Å². The largest absolute Gasteiger partial charge is 0.343 e. The molecule has 7 nitrogen and oxygen atoms in total. The van der Waals surface area contributed by atoms with E-state index in [-0.39, 0.29) is 36.1 Å². The lowest BCUT2D eigenvalue weighted by atomic mass is 10.1. The van der Waals surface area contributed by atoms with Gasteiger partial charge in [-0.25, -0.2) is 13.1 Å². The Morgan fingerprint density at radius 1 is 0.939 bits per heavy atom. The van der Waals surface area contributed by atoms with Crippen molar-refractivity contribution in [2.45, 2.75) is 56.9 Å². The fraction of sp³-hybridized carbons (Fsp3) is 0.440. The highest BCUT2D eigenvalue weighted by Gasteiger charge is 2.27. The average molecular weight is 470 g/mol. The Labute approximate surface area is 195 Å². The summed E-state index contributed by atoms with van der Waals surface area (Å²) in [5.41, 5.74) is 3.55. The Balaban J connectivity index is 1.37. The molecular formula is C25H31N3O4S. The number of aryl methyl sites for hydroxylation is 1. The lowest BCUT2D eigenvalue weighted by Gasteiger charge is -2.27. The fourth-order valence-electron chi connectivity index (χ4n) is 4.54. The Bertz CT molecular complexity index is 1140. The summed E-state index contributed by atoms with van der Waals surface area (Å²) in [5.74, 6) is -0.0455. The molecule has 4 rings (SSSR count). The van der Waals surface area contributed by atoms with E-state index in [9.17, 15) is 18.0 Å². The van der Waals surface area contributed by atoms with Gasteiger partial charge in [0.25, 0.3) is 0 Å². The minimum atomic E-state index is -3.67. The van der Waals surface area contributed by atoms with E-state index in [0.29, 0.717) is 13.0 Å². The van der Waals surface area contributed by atoms with Crippen molar-refractivity contribution in [3.05, 3.63) is 59.2 Å². The quantitative estimate of drug-likeness (QED) is 0.675. The minimum Gasteiger partial charge on any atom is -0.343 e. The van der Waals surface area contributed by atoms with Crippen LogP contribution >= 0.6 is 0 Å². The van der Waals surface area contributed by atoms with Crippen LogP contribution < -0.4 is 9.62 Å². The van der Waals surface area contributed by atoms with Gasteiger partial charge in [0.2, 0.25) is 21.8 Å². The number of carbonyl (C=O) groups excluding carboxylic acids is 2. The molecule has 0 radical (unpaired) electrons. The third kappa shape index (κ3) is 5.62. The molecule has 176 valence electrons. The summed E-state index contributed by atoms with van der Waals surface area (Å²) in [4.78, 5) is 28.9. The van der Waals surface area contributed by atoms with Crippen LogP contribution in [0.15, 0.2) is 47.4 Å². The molecule has 0 atom stereocenters. The monoisotopic (exact) mass is 469 g/mol. The third-order valence-corrected chi connectivity index (χ3v) is 7.77. The third-order valence-electron chi connectivity index (χ3n) is 6.37. The van der Waals surface area contributed by atoms with Crippen LogP contribution in [-0.4, -0.2) is 44.8 Å². The lowest BCUT2D eigenvalue weighted by molar-refractivity contribution is -0.133. The van der Waals surface area contributed by atoms with Gasteiger partial charge in [0.1, 0.15) is 0 Å². The second-order valence-corrected chi connectivity index (χ2v) is 10.6. The number of sulfonamides is 1. The van der Waals surface area contributed by atoms with Crippen LogP contribution in [-0.2, 0) is 32.6 Å². The lowest BCUT2D eigenvalue weighted by Crippen LogP contribution is -2.37. The van der Waals surface area contributed by atoms with Gasteiger partial charge in [-0.15, -0.1) is 0 Å². The SMILES string of the molecule is Cc1cccc(CNS(=O)(=O)c2ccc3c(c2)CCN3C(=O)CCC(=O)N2CCCCC2)c1. The zero-order valence-corrected chi connectivity index (χ0v) is 19.9. The predicted molar refractivity (Wildman–Crippen MR) is 127 cm³/mol. The zero-order chi connectivity index (χ0) is 23.4. The van der Waals surface area contributed by atoms with Crippen molar-refractivity contribution >= 4 is 27.5 Å². The molecule has 2 heterocycles. The molecule has 2 amide bonds. The Morgan fingerprint density at radius 2 is 1.70 bits per heavy atom. The predicted octanol–water partition coefficient (Wildman–Crippen LogP) is 3.16. The molecule has 0 saturated carbocycles. The van der Waals surface area contributed by atoms with Gasteiger partial charge in [-0.05, 0) is 61.9 Å². The van der Waals surface area contributed by atoms with E-state index in [1.807, 2.05) is 36.1 Å².